The van der Waals surface area contributed by atoms with E-state index >= 15 is 0 Å². The maximum atomic E-state index is 4.28. The van der Waals surface area contributed by atoms with Gasteiger partial charge in [-0.15, -0.1) is 0 Å². The summed E-state index contributed by atoms with van der Waals surface area (Å²) >= 11 is 0. The zero-order chi connectivity index (χ0) is 19.7. The normalized spacial score (nSPS) is 23.2. The molecule has 2 fully saturated rings. The van der Waals surface area contributed by atoms with Gasteiger partial charge in [0.05, 0.1) is 0 Å². The van der Waals surface area contributed by atoms with Gasteiger partial charge in [0.25, 0.3) is 0 Å². The average Bonchev–Trinajstić information content (AvgIpc) is 3.10. The minimum Gasteiger partial charge on any atom is -0.298 e. The molecule has 3 heterocycles. The van der Waals surface area contributed by atoms with Gasteiger partial charge in [0.2, 0.25) is 0 Å². The number of rotatable bonds is 4. The van der Waals surface area contributed by atoms with Crippen molar-refractivity contribution in [2.24, 2.45) is 5.41 Å². The number of piperidine rings is 1. The predicted molar refractivity (Wildman–Crippen MR) is 120 cm³/mol. The summed E-state index contributed by atoms with van der Waals surface area (Å²) < 4.78 is 0. The first-order valence-electron chi connectivity index (χ1n) is 11.0. The van der Waals surface area contributed by atoms with E-state index in [2.05, 4.69) is 70.2 Å². The number of pyridine rings is 1. The second-order valence-corrected chi connectivity index (χ2v) is 9.28. The van der Waals surface area contributed by atoms with Crippen molar-refractivity contribution in [2.75, 3.05) is 26.2 Å². The molecule has 2 aliphatic heterocycles. The second kappa shape index (κ2) is 7.89. The first kappa shape index (κ1) is 18.8. The summed E-state index contributed by atoms with van der Waals surface area (Å²) in [5.74, 6) is 0. The molecule has 1 spiro atoms. The molecule has 0 saturated carbocycles. The third-order valence-corrected chi connectivity index (χ3v) is 6.91. The summed E-state index contributed by atoms with van der Waals surface area (Å²) in [6, 6.07) is 17.8. The zero-order valence-electron chi connectivity index (χ0n) is 17.5. The van der Waals surface area contributed by atoms with Crippen LogP contribution in [0.4, 0.5) is 0 Å². The van der Waals surface area contributed by atoms with Crippen LogP contribution in [0.3, 0.4) is 0 Å². The third kappa shape index (κ3) is 4.08. The van der Waals surface area contributed by atoms with E-state index in [9.17, 15) is 0 Å². The van der Waals surface area contributed by atoms with Gasteiger partial charge >= 0.3 is 0 Å². The molecule has 0 amide bonds. The van der Waals surface area contributed by atoms with Crippen molar-refractivity contribution in [3.05, 3.63) is 77.6 Å². The molecule has 2 aliphatic rings. The number of nitrogens with zero attached hydrogens (tertiary/aromatic N) is 3. The average molecular weight is 386 g/mol. The lowest BCUT2D eigenvalue weighted by molar-refractivity contribution is 0.0866. The molecule has 5 rings (SSSR count). The Morgan fingerprint density at radius 1 is 0.931 bits per heavy atom. The predicted octanol–water partition coefficient (Wildman–Crippen LogP) is 5.03. The molecule has 150 valence electrons. The largest absolute Gasteiger partial charge is 0.298 e. The number of hydrogen-bond acceptors (Lipinski definition) is 3. The Bertz CT molecular complexity index is 993. The molecule has 2 aromatic carbocycles. The Kier molecular flexibility index (Phi) is 5.11. The summed E-state index contributed by atoms with van der Waals surface area (Å²) in [7, 11) is 0. The number of hydrogen-bond donors (Lipinski definition) is 0. The van der Waals surface area contributed by atoms with Crippen molar-refractivity contribution in [1.82, 2.24) is 14.8 Å². The summed E-state index contributed by atoms with van der Waals surface area (Å²) in [6.07, 6.45) is 7.95. The Hall–Kier alpha value is -2.23. The second-order valence-electron chi connectivity index (χ2n) is 9.28. The van der Waals surface area contributed by atoms with E-state index in [1.54, 1.807) is 0 Å². The number of fused-ring (bicyclic) bond motifs is 1. The van der Waals surface area contributed by atoms with Crippen LogP contribution in [0.25, 0.3) is 10.8 Å². The van der Waals surface area contributed by atoms with Crippen LogP contribution in [0.1, 0.15) is 36.0 Å². The van der Waals surface area contributed by atoms with Crippen LogP contribution in [0.2, 0.25) is 0 Å². The van der Waals surface area contributed by atoms with Gasteiger partial charge in [-0.2, -0.15) is 0 Å². The Morgan fingerprint density at radius 3 is 2.69 bits per heavy atom. The number of benzene rings is 2. The van der Waals surface area contributed by atoms with Gasteiger partial charge in [0, 0.05) is 44.0 Å². The SMILES string of the molecule is Cc1cccc(CN2CCCC3(CCN(Cc4cccc5cnccc45)C3)C2)c1. The van der Waals surface area contributed by atoms with Crippen LogP contribution < -0.4 is 0 Å². The smallest absolute Gasteiger partial charge is 0.0346 e. The highest BCUT2D eigenvalue weighted by atomic mass is 15.2. The van der Waals surface area contributed by atoms with E-state index in [-0.39, 0.29) is 0 Å². The minimum absolute atomic E-state index is 0.480. The lowest BCUT2D eigenvalue weighted by atomic mass is 9.79. The highest BCUT2D eigenvalue weighted by Gasteiger charge is 2.41. The van der Waals surface area contributed by atoms with E-state index in [0.717, 1.165) is 13.1 Å². The first-order chi connectivity index (χ1) is 14.2. The number of likely N-dealkylation sites (tertiary alicyclic amines) is 2. The fourth-order valence-electron chi connectivity index (χ4n) is 5.58. The van der Waals surface area contributed by atoms with Crippen LogP contribution in [0.5, 0.6) is 0 Å². The van der Waals surface area contributed by atoms with E-state index in [4.69, 9.17) is 0 Å². The molecular weight excluding hydrogens is 354 g/mol. The summed E-state index contributed by atoms with van der Waals surface area (Å²) in [4.78, 5) is 9.67. The van der Waals surface area contributed by atoms with Gasteiger partial charge in [-0.1, -0.05) is 48.0 Å². The molecule has 1 unspecified atom stereocenters. The number of aromatic nitrogens is 1. The highest BCUT2D eigenvalue weighted by Crippen LogP contribution is 2.40. The quantitative estimate of drug-likeness (QED) is 0.628. The van der Waals surface area contributed by atoms with Gasteiger partial charge in [-0.25, -0.2) is 0 Å². The van der Waals surface area contributed by atoms with E-state index in [1.165, 1.54) is 72.9 Å². The molecule has 0 bridgehead atoms. The number of aryl methyl sites for hydroxylation is 1. The molecule has 1 atom stereocenters. The van der Waals surface area contributed by atoms with Crippen molar-refractivity contribution < 1.29 is 0 Å². The van der Waals surface area contributed by atoms with Crippen molar-refractivity contribution in [3.63, 3.8) is 0 Å². The summed E-state index contributed by atoms with van der Waals surface area (Å²) in [5.41, 5.74) is 4.75. The van der Waals surface area contributed by atoms with Crippen LogP contribution in [0.15, 0.2) is 60.9 Å². The van der Waals surface area contributed by atoms with Gasteiger partial charge in [-0.05, 0) is 67.3 Å². The Balaban J connectivity index is 1.26. The minimum atomic E-state index is 0.480. The molecule has 2 saturated heterocycles. The van der Waals surface area contributed by atoms with Crippen LogP contribution in [-0.2, 0) is 13.1 Å². The van der Waals surface area contributed by atoms with Gasteiger partial charge in [0.1, 0.15) is 0 Å². The molecule has 3 heteroatoms. The molecule has 1 aromatic heterocycles. The Labute approximate surface area is 174 Å². The topological polar surface area (TPSA) is 19.4 Å². The molecule has 0 radical (unpaired) electrons. The van der Waals surface area contributed by atoms with Crippen molar-refractivity contribution in [1.29, 1.82) is 0 Å². The lowest BCUT2D eigenvalue weighted by Crippen LogP contribution is -2.44. The standard InChI is InChI=1S/C26H31N3/c1-21-5-2-6-22(15-21)17-28-13-4-10-26(19-28)11-14-29(20-26)18-24-8-3-7-23-16-27-12-9-25(23)24/h2-3,5-9,12,15-16H,4,10-11,13-14,17-20H2,1H3. The summed E-state index contributed by atoms with van der Waals surface area (Å²) in [5, 5.41) is 2.61. The van der Waals surface area contributed by atoms with Crippen LogP contribution in [0, 0.1) is 12.3 Å². The van der Waals surface area contributed by atoms with E-state index in [0.29, 0.717) is 5.41 Å². The van der Waals surface area contributed by atoms with Gasteiger partial charge < -0.3 is 0 Å². The van der Waals surface area contributed by atoms with Crippen LogP contribution >= 0.6 is 0 Å². The molecule has 0 aliphatic carbocycles. The maximum Gasteiger partial charge on any atom is 0.0346 e. The fourth-order valence-corrected chi connectivity index (χ4v) is 5.58. The highest BCUT2D eigenvalue weighted by molar-refractivity contribution is 5.84. The summed E-state index contributed by atoms with van der Waals surface area (Å²) in [6.45, 7) is 9.29. The molecule has 29 heavy (non-hydrogen) atoms. The van der Waals surface area contributed by atoms with E-state index < -0.39 is 0 Å². The zero-order valence-corrected chi connectivity index (χ0v) is 17.5. The molecule has 0 N–H and O–H groups in total. The third-order valence-electron chi connectivity index (χ3n) is 6.91. The van der Waals surface area contributed by atoms with Gasteiger partial charge in [-0.3, -0.25) is 14.8 Å². The fraction of sp³-hybridized carbons (Fsp3) is 0.423. The first-order valence-corrected chi connectivity index (χ1v) is 11.0. The van der Waals surface area contributed by atoms with E-state index in [1.807, 2.05) is 12.4 Å². The van der Waals surface area contributed by atoms with Crippen LogP contribution in [-0.4, -0.2) is 41.0 Å². The Morgan fingerprint density at radius 2 is 1.79 bits per heavy atom. The monoisotopic (exact) mass is 385 g/mol. The van der Waals surface area contributed by atoms with Crippen molar-refractivity contribution in [3.8, 4) is 0 Å². The van der Waals surface area contributed by atoms with Crippen molar-refractivity contribution >= 4 is 10.8 Å². The lowest BCUT2D eigenvalue weighted by Gasteiger charge is -2.40. The molecular formula is C26H31N3. The molecule has 3 nitrogen and oxygen atoms in total. The van der Waals surface area contributed by atoms with Crippen molar-refractivity contribution in [2.45, 2.75) is 39.3 Å². The molecule has 3 aromatic rings. The van der Waals surface area contributed by atoms with Gasteiger partial charge in [0.15, 0.2) is 0 Å². The maximum absolute atomic E-state index is 4.28.